The van der Waals surface area contributed by atoms with Crippen LogP contribution in [0.1, 0.15) is 13.2 Å². The predicted molar refractivity (Wildman–Crippen MR) is 73.9 cm³/mol. The molecule has 0 saturated carbocycles. The normalized spacial score (nSPS) is 28.4. The summed E-state index contributed by atoms with van der Waals surface area (Å²) in [7, 11) is 0. The molecule has 1 saturated heterocycles. The molecule has 0 spiro atoms. The second kappa shape index (κ2) is 5.65. The molecule has 1 aliphatic heterocycles. The van der Waals surface area contributed by atoms with Crippen LogP contribution in [0.3, 0.4) is 0 Å². The third kappa shape index (κ3) is 2.25. The average Bonchev–Trinajstić information content (AvgIpc) is 3.03. The van der Waals surface area contributed by atoms with Crippen molar-refractivity contribution in [2.45, 2.75) is 31.5 Å². The topological polar surface area (TPSA) is 149 Å². The molecule has 22 heavy (non-hydrogen) atoms. The summed E-state index contributed by atoms with van der Waals surface area (Å²) in [6, 6.07) is 0.0843. The minimum atomic E-state index is -1.23. The van der Waals surface area contributed by atoms with Gasteiger partial charge in [-0.15, -0.1) is 0 Å². The molecular formula is C12H17N5O5. The van der Waals surface area contributed by atoms with Crippen molar-refractivity contribution >= 4 is 17.0 Å². The van der Waals surface area contributed by atoms with Gasteiger partial charge >= 0.3 is 6.01 Å². The summed E-state index contributed by atoms with van der Waals surface area (Å²) in [4.78, 5) is 12.3. The third-order valence-electron chi connectivity index (χ3n) is 3.49. The van der Waals surface area contributed by atoms with Gasteiger partial charge in [-0.2, -0.15) is 9.97 Å². The summed E-state index contributed by atoms with van der Waals surface area (Å²) in [5.74, 6) is 0.138. The van der Waals surface area contributed by atoms with E-state index >= 15 is 0 Å². The smallest absolute Gasteiger partial charge is 0.320 e. The molecule has 10 heteroatoms. The molecule has 5 N–H and O–H groups in total. The summed E-state index contributed by atoms with van der Waals surface area (Å²) < 4.78 is 12.1. The molecule has 10 nitrogen and oxygen atoms in total. The summed E-state index contributed by atoms with van der Waals surface area (Å²) in [5, 5.41) is 29.1. The molecule has 0 amide bonds. The number of imidazole rings is 1. The Bertz CT molecular complexity index is 677. The maximum absolute atomic E-state index is 10.1. The van der Waals surface area contributed by atoms with E-state index in [0.29, 0.717) is 17.8 Å². The molecule has 1 unspecified atom stereocenters. The fourth-order valence-electron chi connectivity index (χ4n) is 2.41. The number of hydrogen-bond donors (Lipinski definition) is 4. The number of nitrogens with zero attached hydrogens (tertiary/aromatic N) is 4. The van der Waals surface area contributed by atoms with Gasteiger partial charge in [-0.3, -0.25) is 4.57 Å². The lowest BCUT2D eigenvalue weighted by molar-refractivity contribution is -0.0511. The SMILES string of the molecule is CCOc1nc(N)c2ncn([C@@H]3O[C@H](CO)[C@H](O)C3O)c2n1. The first-order valence-electron chi connectivity index (χ1n) is 6.82. The quantitative estimate of drug-likeness (QED) is 0.524. The molecule has 0 aromatic carbocycles. The largest absolute Gasteiger partial charge is 0.464 e. The Morgan fingerprint density at radius 1 is 1.36 bits per heavy atom. The van der Waals surface area contributed by atoms with E-state index in [9.17, 15) is 10.2 Å². The first-order valence-corrected chi connectivity index (χ1v) is 6.82. The van der Waals surface area contributed by atoms with Crippen molar-refractivity contribution in [2.24, 2.45) is 0 Å². The second-order valence-electron chi connectivity index (χ2n) is 4.88. The number of anilines is 1. The van der Waals surface area contributed by atoms with Crippen molar-refractivity contribution in [3.63, 3.8) is 0 Å². The Morgan fingerprint density at radius 3 is 2.77 bits per heavy atom. The minimum absolute atomic E-state index is 0.0843. The summed E-state index contributed by atoms with van der Waals surface area (Å²) in [6.07, 6.45) is -2.89. The van der Waals surface area contributed by atoms with Crippen molar-refractivity contribution < 1.29 is 24.8 Å². The highest BCUT2D eigenvalue weighted by molar-refractivity contribution is 5.82. The molecule has 0 bridgehead atoms. The minimum Gasteiger partial charge on any atom is -0.464 e. The fourth-order valence-corrected chi connectivity index (χ4v) is 2.41. The zero-order valence-electron chi connectivity index (χ0n) is 11.8. The van der Waals surface area contributed by atoms with E-state index in [4.69, 9.17) is 20.3 Å². The molecule has 1 aliphatic rings. The lowest BCUT2D eigenvalue weighted by Gasteiger charge is -2.16. The summed E-state index contributed by atoms with van der Waals surface area (Å²) in [6.45, 7) is 1.74. The molecule has 120 valence electrons. The highest BCUT2D eigenvalue weighted by atomic mass is 16.6. The van der Waals surface area contributed by atoms with E-state index in [1.54, 1.807) is 6.92 Å². The van der Waals surface area contributed by atoms with Crippen LogP contribution in [0.25, 0.3) is 11.2 Å². The van der Waals surface area contributed by atoms with Crippen LogP contribution >= 0.6 is 0 Å². The molecule has 3 rings (SSSR count). The highest BCUT2D eigenvalue weighted by Gasteiger charge is 2.44. The molecule has 4 atom stereocenters. The van der Waals surface area contributed by atoms with Gasteiger partial charge in [0.05, 0.1) is 19.5 Å². The van der Waals surface area contributed by atoms with Crippen molar-refractivity contribution in [1.29, 1.82) is 0 Å². The van der Waals surface area contributed by atoms with Gasteiger partial charge in [0.25, 0.3) is 0 Å². The van der Waals surface area contributed by atoms with Crippen LogP contribution < -0.4 is 10.5 Å². The van der Waals surface area contributed by atoms with Gasteiger partial charge in [0.1, 0.15) is 18.3 Å². The number of ether oxygens (including phenoxy) is 2. The lowest BCUT2D eigenvalue weighted by atomic mass is 10.1. The Labute approximate surface area is 125 Å². The van der Waals surface area contributed by atoms with Crippen LogP contribution in [-0.2, 0) is 4.74 Å². The number of aliphatic hydroxyl groups is 3. The van der Waals surface area contributed by atoms with Crippen LogP contribution in [0.4, 0.5) is 5.82 Å². The monoisotopic (exact) mass is 311 g/mol. The molecule has 2 aromatic heterocycles. The van der Waals surface area contributed by atoms with Crippen LogP contribution in [0.5, 0.6) is 6.01 Å². The van der Waals surface area contributed by atoms with Gasteiger partial charge in [-0.05, 0) is 6.92 Å². The van der Waals surface area contributed by atoms with Gasteiger partial charge in [0, 0.05) is 0 Å². The highest BCUT2D eigenvalue weighted by Crippen LogP contribution is 2.32. The second-order valence-corrected chi connectivity index (χ2v) is 4.88. The van der Waals surface area contributed by atoms with Crippen LogP contribution in [0.2, 0.25) is 0 Å². The average molecular weight is 311 g/mol. The first-order chi connectivity index (χ1) is 10.6. The molecule has 3 heterocycles. The number of aromatic nitrogens is 4. The van der Waals surface area contributed by atoms with Crippen molar-refractivity contribution in [3.05, 3.63) is 6.33 Å². The van der Waals surface area contributed by atoms with Crippen molar-refractivity contribution in [2.75, 3.05) is 18.9 Å². The molecular weight excluding hydrogens is 294 g/mol. The van der Waals surface area contributed by atoms with Crippen molar-refractivity contribution in [3.8, 4) is 6.01 Å². The van der Waals surface area contributed by atoms with E-state index in [2.05, 4.69) is 15.0 Å². The van der Waals surface area contributed by atoms with Gasteiger partial charge in [0.15, 0.2) is 23.2 Å². The first kappa shape index (κ1) is 14.9. The number of nitrogens with two attached hydrogens (primary N) is 1. The Hall–Kier alpha value is -2.01. The van der Waals surface area contributed by atoms with Crippen LogP contribution in [0.15, 0.2) is 6.33 Å². The molecule has 2 aromatic rings. The fraction of sp³-hybridized carbons (Fsp3) is 0.583. The zero-order valence-corrected chi connectivity index (χ0v) is 11.8. The Morgan fingerprint density at radius 2 is 2.14 bits per heavy atom. The maximum atomic E-state index is 10.1. The van der Waals surface area contributed by atoms with Crippen LogP contribution in [0, 0.1) is 0 Å². The summed E-state index contributed by atoms with van der Waals surface area (Å²) >= 11 is 0. The van der Waals surface area contributed by atoms with Crippen LogP contribution in [-0.4, -0.2) is 66.4 Å². The zero-order chi connectivity index (χ0) is 15.9. The predicted octanol–water partition coefficient (Wildman–Crippen LogP) is -1.58. The van der Waals surface area contributed by atoms with E-state index in [0.717, 1.165) is 0 Å². The standard InChI is InChI=1S/C12H17N5O5/c1-2-21-12-15-9(13)6-10(16-12)17(4-14-6)11-8(20)7(19)5(3-18)22-11/h4-5,7-8,11,18-20H,2-3H2,1H3,(H2,13,15,16)/t5-,7+,8?,11-/m1/s1. The maximum Gasteiger partial charge on any atom is 0.320 e. The Kier molecular flexibility index (Phi) is 3.83. The number of aliphatic hydroxyl groups excluding tert-OH is 3. The number of rotatable bonds is 4. The van der Waals surface area contributed by atoms with Gasteiger partial charge in [0.2, 0.25) is 0 Å². The third-order valence-corrected chi connectivity index (χ3v) is 3.49. The number of fused-ring (bicyclic) bond motifs is 1. The van der Waals surface area contributed by atoms with Gasteiger partial charge in [-0.25, -0.2) is 4.98 Å². The lowest BCUT2D eigenvalue weighted by Crippen LogP contribution is -2.33. The van der Waals surface area contributed by atoms with E-state index in [-0.39, 0.29) is 11.8 Å². The van der Waals surface area contributed by atoms with Gasteiger partial charge < -0.3 is 30.5 Å². The molecule has 0 aliphatic carbocycles. The van der Waals surface area contributed by atoms with Gasteiger partial charge in [-0.1, -0.05) is 0 Å². The van der Waals surface area contributed by atoms with Crippen molar-refractivity contribution in [1.82, 2.24) is 19.5 Å². The summed E-state index contributed by atoms with van der Waals surface area (Å²) in [5.41, 5.74) is 6.46. The van der Waals surface area contributed by atoms with E-state index in [1.165, 1.54) is 10.9 Å². The Balaban J connectivity index is 2.04. The number of nitrogen functional groups attached to an aromatic ring is 1. The molecule has 1 fully saturated rings. The number of hydrogen-bond acceptors (Lipinski definition) is 9. The molecule has 0 radical (unpaired) electrons. The van der Waals surface area contributed by atoms with E-state index < -0.39 is 31.1 Å². The van der Waals surface area contributed by atoms with E-state index in [1.807, 2.05) is 0 Å².